The second-order valence-corrected chi connectivity index (χ2v) is 5.51. The average molecular weight is 328 g/mol. The molecule has 0 fully saturated rings. The molecule has 5 heteroatoms. The lowest BCUT2D eigenvalue weighted by molar-refractivity contribution is -0.149. The van der Waals surface area contributed by atoms with Gasteiger partial charge in [0.15, 0.2) is 5.78 Å². The first kappa shape index (κ1) is 16.2. The van der Waals surface area contributed by atoms with Crippen LogP contribution in [0.1, 0.15) is 47.1 Å². The van der Waals surface area contributed by atoms with Crippen LogP contribution in [-0.2, 0) is 9.53 Å². The molecular formula is C19H17FO4. The maximum atomic E-state index is 14.0. The molecule has 0 saturated heterocycles. The number of ether oxygens (including phenoxy) is 2. The first-order valence-corrected chi connectivity index (χ1v) is 7.79. The quantitative estimate of drug-likeness (QED) is 0.797. The van der Waals surface area contributed by atoms with Crippen molar-refractivity contribution in [2.24, 2.45) is 0 Å². The summed E-state index contributed by atoms with van der Waals surface area (Å²) in [6, 6.07) is 13.5. The SMILES string of the molecule is CCOC(=O)C(F)c1ccc(C2CC(=O)c3ccccc3O2)cc1. The van der Waals surface area contributed by atoms with Gasteiger partial charge in [0.25, 0.3) is 0 Å². The number of alkyl halides is 1. The van der Waals surface area contributed by atoms with Gasteiger partial charge in [-0.15, -0.1) is 0 Å². The van der Waals surface area contributed by atoms with E-state index in [9.17, 15) is 14.0 Å². The summed E-state index contributed by atoms with van der Waals surface area (Å²) in [7, 11) is 0. The summed E-state index contributed by atoms with van der Waals surface area (Å²) in [6.07, 6.45) is -2.00. The zero-order valence-corrected chi connectivity index (χ0v) is 13.2. The predicted octanol–water partition coefficient (Wildman–Crippen LogP) is 3.97. The molecule has 1 aliphatic heterocycles. The van der Waals surface area contributed by atoms with Crippen molar-refractivity contribution >= 4 is 11.8 Å². The number of fused-ring (bicyclic) bond motifs is 1. The summed E-state index contributed by atoms with van der Waals surface area (Å²) in [5.74, 6) is -0.332. The highest BCUT2D eigenvalue weighted by Gasteiger charge is 2.28. The van der Waals surface area contributed by atoms with Crippen molar-refractivity contribution in [3.05, 3.63) is 65.2 Å². The number of halogens is 1. The number of benzene rings is 2. The Morgan fingerprint density at radius 1 is 1.25 bits per heavy atom. The van der Waals surface area contributed by atoms with E-state index in [0.29, 0.717) is 11.3 Å². The molecular weight excluding hydrogens is 311 g/mol. The average Bonchev–Trinajstić information content (AvgIpc) is 2.61. The van der Waals surface area contributed by atoms with Crippen molar-refractivity contribution in [1.29, 1.82) is 0 Å². The van der Waals surface area contributed by atoms with Gasteiger partial charge in [-0.1, -0.05) is 36.4 Å². The summed E-state index contributed by atoms with van der Waals surface area (Å²) in [6.45, 7) is 1.76. The molecule has 0 N–H and O–H groups in total. The van der Waals surface area contributed by atoms with Crippen LogP contribution in [0.5, 0.6) is 5.75 Å². The van der Waals surface area contributed by atoms with Crippen molar-refractivity contribution in [3.63, 3.8) is 0 Å². The third kappa shape index (κ3) is 3.15. The predicted molar refractivity (Wildman–Crippen MR) is 85.7 cm³/mol. The van der Waals surface area contributed by atoms with E-state index in [2.05, 4.69) is 4.74 Å². The minimum absolute atomic E-state index is 0.0146. The van der Waals surface area contributed by atoms with Gasteiger partial charge >= 0.3 is 5.97 Å². The van der Waals surface area contributed by atoms with Gasteiger partial charge in [0.1, 0.15) is 11.9 Å². The summed E-state index contributed by atoms with van der Waals surface area (Å²) < 4.78 is 24.5. The molecule has 124 valence electrons. The fourth-order valence-corrected chi connectivity index (χ4v) is 2.69. The summed E-state index contributed by atoms with van der Waals surface area (Å²) in [5.41, 5.74) is 1.56. The Morgan fingerprint density at radius 2 is 1.96 bits per heavy atom. The molecule has 1 heterocycles. The topological polar surface area (TPSA) is 52.6 Å². The van der Waals surface area contributed by atoms with Crippen LogP contribution in [0.15, 0.2) is 48.5 Å². The fourth-order valence-electron chi connectivity index (χ4n) is 2.69. The van der Waals surface area contributed by atoms with Gasteiger partial charge in [0.2, 0.25) is 6.17 Å². The molecule has 0 bridgehead atoms. The zero-order chi connectivity index (χ0) is 17.1. The van der Waals surface area contributed by atoms with E-state index in [1.54, 1.807) is 37.3 Å². The number of ketones is 1. The van der Waals surface area contributed by atoms with E-state index >= 15 is 0 Å². The van der Waals surface area contributed by atoms with E-state index in [1.807, 2.05) is 6.07 Å². The van der Waals surface area contributed by atoms with Crippen molar-refractivity contribution in [1.82, 2.24) is 0 Å². The Balaban J connectivity index is 1.77. The minimum Gasteiger partial charge on any atom is -0.484 e. The van der Waals surface area contributed by atoms with E-state index in [-0.39, 0.29) is 24.4 Å². The van der Waals surface area contributed by atoms with Gasteiger partial charge in [-0.25, -0.2) is 9.18 Å². The lowest BCUT2D eigenvalue weighted by Gasteiger charge is -2.25. The molecule has 2 aromatic carbocycles. The normalized spacial score (nSPS) is 17.6. The van der Waals surface area contributed by atoms with Gasteiger partial charge in [-0.05, 0) is 30.2 Å². The van der Waals surface area contributed by atoms with E-state index in [0.717, 1.165) is 5.56 Å². The highest BCUT2D eigenvalue weighted by atomic mass is 19.1. The second-order valence-electron chi connectivity index (χ2n) is 5.51. The molecule has 3 rings (SSSR count). The molecule has 0 aliphatic carbocycles. The van der Waals surface area contributed by atoms with Crippen molar-refractivity contribution < 1.29 is 23.5 Å². The Labute approximate surface area is 139 Å². The number of carbonyl (C=O) groups excluding carboxylic acids is 2. The van der Waals surface area contributed by atoms with Gasteiger partial charge < -0.3 is 9.47 Å². The third-order valence-corrected chi connectivity index (χ3v) is 3.92. The number of hydrogen-bond donors (Lipinski definition) is 0. The molecule has 0 aromatic heterocycles. The number of rotatable bonds is 4. The summed E-state index contributed by atoms with van der Waals surface area (Å²) >= 11 is 0. The van der Waals surface area contributed by atoms with Crippen LogP contribution in [0.3, 0.4) is 0 Å². The molecule has 24 heavy (non-hydrogen) atoms. The van der Waals surface area contributed by atoms with Gasteiger partial charge in [-0.3, -0.25) is 4.79 Å². The molecule has 0 saturated carbocycles. The van der Waals surface area contributed by atoms with Crippen LogP contribution in [0.4, 0.5) is 4.39 Å². The van der Waals surface area contributed by atoms with Crippen molar-refractivity contribution in [2.75, 3.05) is 6.61 Å². The standard InChI is InChI=1S/C19H17FO4/c1-2-23-19(22)18(20)13-9-7-12(8-10-13)17-11-15(21)14-5-3-4-6-16(14)24-17/h3-10,17-18H,2,11H2,1H3. The smallest absolute Gasteiger partial charge is 0.345 e. The number of carbonyl (C=O) groups is 2. The van der Waals surface area contributed by atoms with Gasteiger partial charge in [0.05, 0.1) is 18.6 Å². The van der Waals surface area contributed by atoms with Crippen LogP contribution in [-0.4, -0.2) is 18.4 Å². The number of esters is 1. The number of hydrogen-bond acceptors (Lipinski definition) is 4. The minimum atomic E-state index is -1.81. The highest BCUT2D eigenvalue weighted by molar-refractivity contribution is 5.99. The molecule has 0 amide bonds. The van der Waals surface area contributed by atoms with Crippen LogP contribution in [0, 0.1) is 0 Å². The number of Topliss-reactive ketones (excluding diaryl/α,β-unsaturated/α-hetero) is 1. The molecule has 2 unspecified atom stereocenters. The maximum Gasteiger partial charge on any atom is 0.345 e. The zero-order valence-electron chi connectivity index (χ0n) is 13.2. The van der Waals surface area contributed by atoms with Gasteiger partial charge in [0, 0.05) is 0 Å². The Morgan fingerprint density at radius 3 is 2.67 bits per heavy atom. The Bertz CT molecular complexity index is 754. The largest absolute Gasteiger partial charge is 0.484 e. The second kappa shape index (κ2) is 6.83. The lowest BCUT2D eigenvalue weighted by atomic mass is 9.95. The molecule has 0 radical (unpaired) electrons. The van der Waals surface area contributed by atoms with Gasteiger partial charge in [-0.2, -0.15) is 0 Å². The molecule has 2 atom stereocenters. The first-order valence-electron chi connectivity index (χ1n) is 7.79. The number of para-hydroxylation sites is 1. The monoisotopic (exact) mass is 328 g/mol. The van der Waals surface area contributed by atoms with Crippen molar-refractivity contribution in [3.8, 4) is 5.75 Å². The summed E-state index contributed by atoms with van der Waals surface area (Å²) in [5, 5.41) is 0. The fraction of sp³-hybridized carbons (Fsp3) is 0.263. The van der Waals surface area contributed by atoms with E-state index < -0.39 is 18.2 Å². The summed E-state index contributed by atoms with van der Waals surface area (Å²) in [4.78, 5) is 23.6. The van der Waals surface area contributed by atoms with E-state index in [1.165, 1.54) is 12.1 Å². The van der Waals surface area contributed by atoms with Crippen LogP contribution in [0.25, 0.3) is 0 Å². The Hall–Kier alpha value is -2.69. The highest BCUT2D eigenvalue weighted by Crippen LogP contribution is 2.35. The van der Waals surface area contributed by atoms with E-state index in [4.69, 9.17) is 4.74 Å². The molecule has 4 nitrogen and oxygen atoms in total. The first-order chi connectivity index (χ1) is 11.6. The molecule has 1 aliphatic rings. The lowest BCUT2D eigenvalue weighted by Crippen LogP contribution is -2.20. The van der Waals surface area contributed by atoms with Crippen molar-refractivity contribution in [2.45, 2.75) is 25.6 Å². The molecule has 2 aromatic rings. The Kier molecular flexibility index (Phi) is 4.60. The third-order valence-electron chi connectivity index (χ3n) is 3.92. The van der Waals surface area contributed by atoms with Crippen LogP contribution in [0.2, 0.25) is 0 Å². The van der Waals surface area contributed by atoms with Crippen LogP contribution < -0.4 is 4.74 Å². The van der Waals surface area contributed by atoms with Crippen LogP contribution >= 0.6 is 0 Å². The maximum absolute atomic E-state index is 14.0. The molecule has 0 spiro atoms.